The van der Waals surface area contributed by atoms with Crippen molar-refractivity contribution in [2.45, 2.75) is 20.1 Å². The topological polar surface area (TPSA) is 72.5 Å². The summed E-state index contributed by atoms with van der Waals surface area (Å²) in [5.41, 5.74) is 3.73. The van der Waals surface area contributed by atoms with E-state index < -0.39 is 0 Å². The van der Waals surface area contributed by atoms with Gasteiger partial charge in [-0.1, -0.05) is 17.7 Å². The number of carbonyl (C=O) groups excluding carboxylic acids is 1. The Kier molecular flexibility index (Phi) is 6.28. The second-order valence-electron chi connectivity index (χ2n) is 8.12. The molecule has 0 spiro atoms. The summed E-state index contributed by atoms with van der Waals surface area (Å²) in [6, 6.07) is 12.6. The number of hydrogen-bond acceptors (Lipinski definition) is 7. The second-order valence-corrected chi connectivity index (χ2v) is 8.56. The van der Waals surface area contributed by atoms with E-state index in [0.717, 1.165) is 28.0 Å². The van der Waals surface area contributed by atoms with Gasteiger partial charge in [-0.25, -0.2) is 0 Å². The van der Waals surface area contributed by atoms with Gasteiger partial charge in [-0.2, -0.15) is 0 Å². The molecule has 3 aromatic rings. The Hall–Kier alpha value is -3.68. The molecule has 0 saturated carbocycles. The van der Waals surface area contributed by atoms with Gasteiger partial charge < -0.3 is 28.4 Å². The Balaban J connectivity index is 1.38. The number of Topliss-reactive ketones (excluding diaryl/α,β-unsaturated/α-hetero) is 1. The number of carbonyl (C=O) groups is 1. The van der Waals surface area contributed by atoms with Crippen molar-refractivity contribution in [2.24, 2.45) is 0 Å². The van der Waals surface area contributed by atoms with Gasteiger partial charge in [-0.05, 0) is 54.5 Å². The molecule has 0 saturated heterocycles. The van der Waals surface area contributed by atoms with E-state index in [9.17, 15) is 4.79 Å². The van der Waals surface area contributed by atoms with E-state index in [0.29, 0.717) is 40.2 Å². The van der Waals surface area contributed by atoms with E-state index in [1.807, 2.05) is 31.2 Å². The average Bonchev–Trinajstić information content (AvgIpc) is 3.17. The lowest BCUT2D eigenvalue weighted by molar-refractivity contribution is -0.0175. The normalized spacial score (nSPS) is 15.2. The fraction of sp³-hybridized carbons (Fsp3) is 0.222. The Labute approximate surface area is 207 Å². The van der Waals surface area contributed by atoms with Gasteiger partial charge in [0.15, 0.2) is 24.1 Å². The van der Waals surface area contributed by atoms with Gasteiger partial charge in [0.25, 0.3) is 0 Å². The van der Waals surface area contributed by atoms with Gasteiger partial charge in [-0.3, -0.25) is 4.79 Å². The molecule has 3 aromatic carbocycles. The molecular formula is C27H23ClO7. The maximum absolute atomic E-state index is 13.1. The summed E-state index contributed by atoms with van der Waals surface area (Å²) in [5, 5.41) is 0.584. The van der Waals surface area contributed by atoms with Crippen LogP contribution in [0.25, 0.3) is 6.08 Å². The van der Waals surface area contributed by atoms with E-state index in [-0.39, 0.29) is 24.9 Å². The molecule has 8 heteroatoms. The molecule has 7 nitrogen and oxygen atoms in total. The van der Waals surface area contributed by atoms with Crippen molar-refractivity contribution in [3.63, 3.8) is 0 Å². The molecule has 0 atom stereocenters. The quantitative estimate of drug-likeness (QED) is 0.405. The fourth-order valence-corrected chi connectivity index (χ4v) is 4.44. The largest absolute Gasteiger partial charge is 0.493 e. The van der Waals surface area contributed by atoms with E-state index in [1.165, 1.54) is 0 Å². The van der Waals surface area contributed by atoms with Crippen molar-refractivity contribution in [2.75, 3.05) is 21.0 Å². The van der Waals surface area contributed by atoms with Gasteiger partial charge in [-0.15, -0.1) is 0 Å². The maximum atomic E-state index is 13.1. The Morgan fingerprint density at radius 2 is 1.89 bits per heavy atom. The maximum Gasteiger partial charge on any atom is 0.232 e. The average molecular weight is 495 g/mol. The van der Waals surface area contributed by atoms with Crippen LogP contribution in [-0.2, 0) is 18.0 Å². The second kappa shape index (κ2) is 9.52. The van der Waals surface area contributed by atoms with Crippen molar-refractivity contribution >= 4 is 23.5 Å². The van der Waals surface area contributed by atoms with E-state index in [1.54, 1.807) is 38.5 Å². The lowest BCUT2D eigenvalue weighted by Gasteiger charge is -2.21. The summed E-state index contributed by atoms with van der Waals surface area (Å²) in [7, 11) is 3.13. The number of rotatable bonds is 6. The van der Waals surface area contributed by atoms with Gasteiger partial charge in [0.1, 0.15) is 23.9 Å². The minimum atomic E-state index is -0.184. The highest BCUT2D eigenvalue weighted by Gasteiger charge is 2.30. The van der Waals surface area contributed by atoms with Crippen molar-refractivity contribution in [3.8, 4) is 28.7 Å². The zero-order valence-corrected chi connectivity index (χ0v) is 20.2. The molecule has 2 aliphatic heterocycles. The zero-order chi connectivity index (χ0) is 24.5. The standard InChI is InChI=1S/C27H23ClO7/c1-15-6-20(33-13-18-10-19(28)9-17-12-32-14-34-27(17)18)11-23-25(15)26(29)24(35-23)8-16-4-5-21(30-2)22(7-16)31-3/h4-11H,12-14H2,1-3H3/b24-8-. The van der Waals surface area contributed by atoms with Gasteiger partial charge in [0, 0.05) is 22.2 Å². The van der Waals surface area contributed by atoms with E-state index >= 15 is 0 Å². The number of benzene rings is 3. The van der Waals surface area contributed by atoms with Crippen molar-refractivity contribution < 1.29 is 33.2 Å². The highest BCUT2D eigenvalue weighted by Crippen LogP contribution is 2.39. The van der Waals surface area contributed by atoms with Crippen LogP contribution in [0.15, 0.2) is 48.2 Å². The number of hydrogen-bond donors (Lipinski definition) is 0. The van der Waals surface area contributed by atoms with Crippen LogP contribution in [0.4, 0.5) is 0 Å². The molecule has 0 bridgehead atoms. The third-order valence-corrected chi connectivity index (χ3v) is 6.01. The number of fused-ring (bicyclic) bond motifs is 2. The first-order valence-electron chi connectivity index (χ1n) is 10.9. The van der Waals surface area contributed by atoms with Crippen LogP contribution in [0, 0.1) is 6.92 Å². The van der Waals surface area contributed by atoms with Gasteiger partial charge in [0.05, 0.1) is 26.4 Å². The summed E-state index contributed by atoms with van der Waals surface area (Å²) in [4.78, 5) is 13.1. The van der Waals surface area contributed by atoms with Crippen LogP contribution in [0.2, 0.25) is 5.02 Å². The van der Waals surface area contributed by atoms with Gasteiger partial charge in [0.2, 0.25) is 5.78 Å². The molecule has 0 fully saturated rings. The molecule has 180 valence electrons. The summed E-state index contributed by atoms with van der Waals surface area (Å²) in [5.74, 6) is 2.96. The highest BCUT2D eigenvalue weighted by molar-refractivity contribution is 6.30. The number of ether oxygens (including phenoxy) is 6. The van der Waals surface area contributed by atoms with Crippen LogP contribution in [0.1, 0.15) is 32.6 Å². The first kappa shape index (κ1) is 23.1. The van der Waals surface area contributed by atoms with Crippen molar-refractivity contribution in [1.82, 2.24) is 0 Å². The molecule has 0 amide bonds. The number of allylic oxidation sites excluding steroid dienone is 1. The molecule has 0 aromatic heterocycles. The molecule has 0 unspecified atom stereocenters. The van der Waals surface area contributed by atoms with Crippen molar-refractivity contribution in [1.29, 1.82) is 0 Å². The van der Waals surface area contributed by atoms with Crippen LogP contribution in [0.5, 0.6) is 28.7 Å². The lowest BCUT2D eigenvalue weighted by Crippen LogP contribution is -2.14. The smallest absolute Gasteiger partial charge is 0.232 e. The molecular weight excluding hydrogens is 472 g/mol. The number of aryl methyl sites for hydroxylation is 1. The molecule has 35 heavy (non-hydrogen) atoms. The molecule has 0 radical (unpaired) electrons. The number of ketones is 1. The predicted octanol–water partition coefficient (Wildman–Crippen LogP) is 5.73. The third kappa shape index (κ3) is 4.52. The van der Waals surface area contributed by atoms with Crippen LogP contribution in [-0.4, -0.2) is 26.8 Å². The number of halogens is 1. The SMILES string of the molecule is COc1ccc(/C=C2\Oc3cc(OCc4cc(Cl)cc5c4OCOC5)cc(C)c3C2=O)cc1OC. The first-order valence-corrected chi connectivity index (χ1v) is 11.3. The van der Waals surface area contributed by atoms with Gasteiger partial charge >= 0.3 is 0 Å². The van der Waals surface area contributed by atoms with Crippen LogP contribution >= 0.6 is 11.6 Å². The van der Waals surface area contributed by atoms with Crippen LogP contribution < -0.4 is 23.7 Å². The molecule has 5 rings (SSSR count). The first-order chi connectivity index (χ1) is 17.0. The van der Waals surface area contributed by atoms with Crippen molar-refractivity contribution in [3.05, 3.63) is 81.1 Å². The van der Waals surface area contributed by atoms with E-state index in [2.05, 4.69) is 0 Å². The molecule has 0 aliphatic carbocycles. The summed E-state index contributed by atoms with van der Waals surface area (Å²) < 4.78 is 33.6. The zero-order valence-electron chi connectivity index (χ0n) is 19.5. The summed E-state index contributed by atoms with van der Waals surface area (Å²) in [6.45, 7) is 2.72. The number of methoxy groups -OCH3 is 2. The minimum Gasteiger partial charge on any atom is -0.493 e. The monoisotopic (exact) mass is 494 g/mol. The van der Waals surface area contributed by atoms with E-state index in [4.69, 9.17) is 40.0 Å². The third-order valence-electron chi connectivity index (χ3n) is 5.80. The van der Waals surface area contributed by atoms with Crippen LogP contribution in [0.3, 0.4) is 0 Å². The molecule has 2 heterocycles. The predicted molar refractivity (Wildman–Crippen MR) is 130 cm³/mol. The Morgan fingerprint density at radius 3 is 2.69 bits per heavy atom. The Bertz CT molecular complexity index is 1350. The molecule has 0 N–H and O–H groups in total. The fourth-order valence-electron chi connectivity index (χ4n) is 4.18. The highest BCUT2D eigenvalue weighted by atomic mass is 35.5. The lowest BCUT2D eigenvalue weighted by atomic mass is 10.0. The molecule has 2 aliphatic rings. The summed E-state index contributed by atoms with van der Waals surface area (Å²) >= 11 is 6.25. The summed E-state index contributed by atoms with van der Waals surface area (Å²) in [6.07, 6.45) is 1.68. The Morgan fingerprint density at radius 1 is 1.06 bits per heavy atom. The minimum absolute atomic E-state index is 0.184.